The van der Waals surface area contributed by atoms with Crippen LogP contribution in [0, 0.1) is 5.92 Å². The number of nitrogens with zero attached hydrogens (tertiary/aromatic N) is 1. The number of Topliss-reactive ketones (excluding diaryl/α,β-unsaturated/α-hetero) is 1. The van der Waals surface area contributed by atoms with Crippen LogP contribution in [-0.2, 0) is 0 Å². The minimum atomic E-state index is 0.156. The Balaban J connectivity index is 2.39. The van der Waals surface area contributed by atoms with Gasteiger partial charge in [0.05, 0.1) is 15.8 Å². The third-order valence-electron chi connectivity index (χ3n) is 2.35. The average Bonchev–Trinajstić information content (AvgIpc) is 2.62. The summed E-state index contributed by atoms with van der Waals surface area (Å²) in [5.74, 6) is 0.830. The Morgan fingerprint density at radius 2 is 2.19 bits per heavy atom. The Morgan fingerprint density at radius 3 is 2.69 bits per heavy atom. The topological polar surface area (TPSA) is 20.3 Å². The number of hydrogen-bond acceptors (Lipinski definition) is 3. The molecule has 0 radical (unpaired) electrons. The van der Waals surface area contributed by atoms with Gasteiger partial charge in [-0.3, -0.25) is 9.69 Å². The quantitative estimate of drug-likeness (QED) is 0.728. The van der Waals surface area contributed by atoms with Gasteiger partial charge in [-0.1, -0.05) is 25.4 Å². The summed E-state index contributed by atoms with van der Waals surface area (Å²) in [5, 5.41) is 0. The highest BCUT2D eigenvalue weighted by Gasteiger charge is 2.11. The fraction of sp³-hybridized carbons (Fsp3) is 0.583. The molecular formula is C12H18ClNOS. The third kappa shape index (κ3) is 4.64. The van der Waals surface area contributed by atoms with Gasteiger partial charge in [-0.05, 0) is 38.1 Å². The van der Waals surface area contributed by atoms with Crippen LogP contribution in [0.2, 0.25) is 4.34 Å². The second kappa shape index (κ2) is 6.38. The number of carbonyl (C=O) groups excluding carboxylic acids is 1. The summed E-state index contributed by atoms with van der Waals surface area (Å²) in [6.07, 6.45) is 1.12. The number of hydrogen-bond donors (Lipinski definition) is 0. The summed E-state index contributed by atoms with van der Waals surface area (Å²) in [5.41, 5.74) is 0. The molecule has 0 saturated heterocycles. The van der Waals surface area contributed by atoms with Crippen LogP contribution in [0.25, 0.3) is 0 Å². The lowest BCUT2D eigenvalue weighted by Gasteiger charge is -2.16. The molecule has 0 spiro atoms. The van der Waals surface area contributed by atoms with Crippen LogP contribution in [-0.4, -0.2) is 30.8 Å². The van der Waals surface area contributed by atoms with E-state index in [2.05, 4.69) is 18.7 Å². The molecule has 90 valence electrons. The molecule has 1 heterocycles. The Kier molecular flexibility index (Phi) is 5.46. The van der Waals surface area contributed by atoms with Gasteiger partial charge in [0, 0.05) is 0 Å². The van der Waals surface area contributed by atoms with E-state index in [1.165, 1.54) is 11.3 Å². The first-order chi connectivity index (χ1) is 7.49. The van der Waals surface area contributed by atoms with Crippen molar-refractivity contribution in [3.63, 3.8) is 0 Å². The van der Waals surface area contributed by atoms with Gasteiger partial charge in [0.2, 0.25) is 0 Å². The monoisotopic (exact) mass is 259 g/mol. The predicted molar refractivity (Wildman–Crippen MR) is 70.6 cm³/mol. The summed E-state index contributed by atoms with van der Waals surface area (Å²) in [7, 11) is 1.98. The zero-order valence-corrected chi connectivity index (χ0v) is 11.6. The maximum Gasteiger partial charge on any atom is 0.186 e. The fourth-order valence-corrected chi connectivity index (χ4v) is 2.32. The molecule has 2 nitrogen and oxygen atoms in total. The lowest BCUT2D eigenvalue weighted by Crippen LogP contribution is -2.27. The number of rotatable bonds is 6. The zero-order chi connectivity index (χ0) is 12.1. The molecule has 0 amide bonds. The van der Waals surface area contributed by atoms with Crippen molar-refractivity contribution in [1.82, 2.24) is 4.90 Å². The molecule has 1 rings (SSSR count). The lowest BCUT2D eigenvalue weighted by atomic mass is 10.1. The second-order valence-corrected chi connectivity index (χ2v) is 6.16. The van der Waals surface area contributed by atoms with E-state index < -0.39 is 0 Å². The van der Waals surface area contributed by atoms with Gasteiger partial charge < -0.3 is 0 Å². The van der Waals surface area contributed by atoms with Crippen molar-refractivity contribution in [2.45, 2.75) is 20.3 Å². The first-order valence-corrected chi connectivity index (χ1v) is 6.65. The molecule has 1 aromatic heterocycles. The summed E-state index contributed by atoms with van der Waals surface area (Å²) < 4.78 is 0.674. The number of carbonyl (C=O) groups is 1. The highest BCUT2D eigenvalue weighted by Crippen LogP contribution is 2.21. The van der Waals surface area contributed by atoms with E-state index in [-0.39, 0.29) is 5.78 Å². The summed E-state index contributed by atoms with van der Waals surface area (Å²) in [6, 6.07) is 3.57. The van der Waals surface area contributed by atoms with Crippen molar-refractivity contribution in [3.8, 4) is 0 Å². The van der Waals surface area contributed by atoms with E-state index in [0.717, 1.165) is 17.8 Å². The van der Waals surface area contributed by atoms with Crippen molar-refractivity contribution in [2.75, 3.05) is 20.1 Å². The largest absolute Gasteiger partial charge is 0.299 e. The van der Waals surface area contributed by atoms with Gasteiger partial charge in [-0.25, -0.2) is 0 Å². The zero-order valence-electron chi connectivity index (χ0n) is 10.00. The van der Waals surface area contributed by atoms with Gasteiger partial charge in [0.1, 0.15) is 0 Å². The molecule has 0 atom stereocenters. The van der Waals surface area contributed by atoms with E-state index in [4.69, 9.17) is 11.6 Å². The molecule has 0 N–H and O–H groups in total. The van der Waals surface area contributed by atoms with E-state index in [1.807, 2.05) is 7.05 Å². The summed E-state index contributed by atoms with van der Waals surface area (Å²) >= 11 is 7.15. The molecule has 16 heavy (non-hydrogen) atoms. The Labute approximate surface area is 106 Å². The molecule has 0 saturated carbocycles. The highest BCUT2D eigenvalue weighted by atomic mass is 35.5. The molecule has 0 bridgehead atoms. The maximum absolute atomic E-state index is 11.8. The van der Waals surface area contributed by atoms with Gasteiger partial charge >= 0.3 is 0 Å². The molecule has 0 aliphatic heterocycles. The molecular weight excluding hydrogens is 242 g/mol. The lowest BCUT2D eigenvalue weighted by molar-refractivity contribution is 0.0948. The van der Waals surface area contributed by atoms with Crippen molar-refractivity contribution >= 4 is 28.7 Å². The van der Waals surface area contributed by atoms with Crippen LogP contribution in [0.15, 0.2) is 12.1 Å². The minimum absolute atomic E-state index is 0.156. The standard InChI is InChI=1S/C12H18ClNOS/c1-9(2)6-7-14(3)8-10(15)11-4-5-12(13)16-11/h4-5,9H,6-8H2,1-3H3. The van der Waals surface area contributed by atoms with Crippen molar-refractivity contribution in [2.24, 2.45) is 5.92 Å². The number of thiophene rings is 1. The maximum atomic E-state index is 11.8. The molecule has 0 aromatic carbocycles. The van der Waals surface area contributed by atoms with E-state index in [9.17, 15) is 4.79 Å². The van der Waals surface area contributed by atoms with Crippen molar-refractivity contribution < 1.29 is 4.79 Å². The molecule has 4 heteroatoms. The molecule has 0 fully saturated rings. The normalized spacial score (nSPS) is 11.4. The van der Waals surface area contributed by atoms with Crippen molar-refractivity contribution in [3.05, 3.63) is 21.3 Å². The van der Waals surface area contributed by atoms with Crippen LogP contribution in [0.3, 0.4) is 0 Å². The molecule has 0 aliphatic rings. The van der Waals surface area contributed by atoms with Crippen LogP contribution >= 0.6 is 22.9 Å². The number of likely N-dealkylation sites (N-methyl/N-ethyl adjacent to an activating group) is 1. The Bertz CT molecular complexity index is 349. The summed E-state index contributed by atoms with van der Waals surface area (Å²) in [4.78, 5) is 14.6. The molecule has 0 unspecified atom stereocenters. The SMILES string of the molecule is CC(C)CCN(C)CC(=O)c1ccc(Cl)s1. The molecule has 1 aromatic rings. The highest BCUT2D eigenvalue weighted by molar-refractivity contribution is 7.18. The van der Waals surface area contributed by atoms with Crippen LogP contribution in [0.4, 0.5) is 0 Å². The van der Waals surface area contributed by atoms with Crippen LogP contribution in [0.5, 0.6) is 0 Å². The van der Waals surface area contributed by atoms with Gasteiger partial charge in [0.15, 0.2) is 5.78 Å². The van der Waals surface area contributed by atoms with Crippen LogP contribution < -0.4 is 0 Å². The Morgan fingerprint density at radius 1 is 1.50 bits per heavy atom. The third-order valence-corrected chi connectivity index (χ3v) is 3.62. The van der Waals surface area contributed by atoms with Crippen molar-refractivity contribution in [1.29, 1.82) is 0 Å². The first kappa shape index (κ1) is 13.7. The number of halogens is 1. The molecule has 0 aliphatic carbocycles. The first-order valence-electron chi connectivity index (χ1n) is 5.46. The fourth-order valence-electron chi connectivity index (χ4n) is 1.34. The predicted octanol–water partition coefficient (Wildman–Crippen LogP) is 3.56. The van der Waals surface area contributed by atoms with Gasteiger partial charge in [0.25, 0.3) is 0 Å². The smallest absolute Gasteiger partial charge is 0.186 e. The van der Waals surface area contributed by atoms with E-state index in [1.54, 1.807) is 12.1 Å². The number of ketones is 1. The van der Waals surface area contributed by atoms with Crippen LogP contribution in [0.1, 0.15) is 29.9 Å². The van der Waals surface area contributed by atoms with Gasteiger partial charge in [-0.2, -0.15) is 0 Å². The minimum Gasteiger partial charge on any atom is -0.299 e. The Hall–Kier alpha value is -0.380. The second-order valence-electron chi connectivity index (χ2n) is 4.45. The average molecular weight is 260 g/mol. The van der Waals surface area contributed by atoms with E-state index >= 15 is 0 Å². The summed E-state index contributed by atoms with van der Waals surface area (Å²) in [6.45, 7) is 5.81. The van der Waals surface area contributed by atoms with E-state index in [0.29, 0.717) is 16.8 Å². The van der Waals surface area contributed by atoms with Gasteiger partial charge in [-0.15, -0.1) is 11.3 Å².